The van der Waals surface area contributed by atoms with E-state index in [1.165, 1.54) is 4.90 Å². The Kier molecular flexibility index (Phi) is 2.78. The molecule has 1 fully saturated rings. The Morgan fingerprint density at radius 2 is 1.74 bits per heavy atom. The number of nitrogens with two attached hydrogens (primary N) is 1. The van der Waals surface area contributed by atoms with E-state index >= 15 is 0 Å². The molecule has 1 saturated heterocycles. The first-order valence-electron chi connectivity index (χ1n) is 6.54. The van der Waals surface area contributed by atoms with Gasteiger partial charge in [-0.2, -0.15) is 0 Å². The molecule has 0 saturated carbocycles. The molecule has 1 aromatic carbocycles. The van der Waals surface area contributed by atoms with Crippen LogP contribution in [0.25, 0.3) is 0 Å². The highest BCUT2D eigenvalue weighted by molar-refractivity contribution is 6.21. The van der Waals surface area contributed by atoms with E-state index in [-0.39, 0.29) is 17.9 Å². The molecule has 0 radical (unpaired) electrons. The van der Waals surface area contributed by atoms with Crippen LogP contribution >= 0.6 is 0 Å². The molecule has 19 heavy (non-hydrogen) atoms. The minimum atomic E-state index is -0.193. The topological polar surface area (TPSA) is 66.6 Å². The average Bonchev–Trinajstić information content (AvgIpc) is 2.63. The van der Waals surface area contributed by atoms with Gasteiger partial charge in [-0.05, 0) is 51.2 Å². The third kappa shape index (κ3) is 1.90. The summed E-state index contributed by atoms with van der Waals surface area (Å²) in [6.45, 7) is 1.83. The lowest BCUT2D eigenvalue weighted by atomic mass is 10.0. The second-order valence-electron chi connectivity index (χ2n) is 5.32. The normalized spacial score (nSPS) is 21.0. The van der Waals surface area contributed by atoms with E-state index in [1.807, 2.05) is 0 Å². The van der Waals surface area contributed by atoms with Crippen LogP contribution in [-0.2, 0) is 0 Å². The van der Waals surface area contributed by atoms with Gasteiger partial charge in [0.25, 0.3) is 11.8 Å². The summed E-state index contributed by atoms with van der Waals surface area (Å²) in [6.07, 6.45) is 1.69. The molecule has 0 aromatic heterocycles. The molecule has 0 unspecified atom stereocenters. The van der Waals surface area contributed by atoms with Gasteiger partial charge in [0.15, 0.2) is 0 Å². The highest BCUT2D eigenvalue weighted by Gasteiger charge is 2.40. The van der Waals surface area contributed by atoms with Crippen molar-refractivity contribution in [2.24, 2.45) is 0 Å². The van der Waals surface area contributed by atoms with Crippen LogP contribution in [0.4, 0.5) is 5.69 Å². The number of carbonyl (C=O) groups is 2. The van der Waals surface area contributed by atoms with E-state index in [2.05, 4.69) is 11.9 Å². The zero-order chi connectivity index (χ0) is 13.6. The van der Waals surface area contributed by atoms with E-state index < -0.39 is 0 Å². The van der Waals surface area contributed by atoms with Gasteiger partial charge in [0.1, 0.15) is 0 Å². The Morgan fingerprint density at radius 3 is 2.42 bits per heavy atom. The van der Waals surface area contributed by atoms with E-state index in [0.717, 1.165) is 25.9 Å². The SMILES string of the molecule is CN1CCC(N2C(=O)c3ccc(N)cc3C2=O)CC1. The van der Waals surface area contributed by atoms with Crippen molar-refractivity contribution in [3.8, 4) is 0 Å². The predicted molar refractivity (Wildman–Crippen MR) is 71.9 cm³/mol. The fourth-order valence-electron chi connectivity index (χ4n) is 2.86. The third-order valence-corrected chi connectivity index (χ3v) is 4.00. The molecule has 0 atom stereocenters. The molecule has 2 N–H and O–H groups in total. The fraction of sp³-hybridized carbons (Fsp3) is 0.429. The average molecular weight is 259 g/mol. The number of fused-ring (bicyclic) bond motifs is 1. The number of rotatable bonds is 1. The Balaban J connectivity index is 1.90. The molecule has 100 valence electrons. The summed E-state index contributed by atoms with van der Waals surface area (Å²) in [7, 11) is 2.05. The van der Waals surface area contributed by atoms with Crippen LogP contribution in [0, 0.1) is 0 Å². The molecule has 5 heteroatoms. The first kappa shape index (κ1) is 12.2. The van der Waals surface area contributed by atoms with E-state index in [0.29, 0.717) is 16.8 Å². The van der Waals surface area contributed by atoms with E-state index in [4.69, 9.17) is 5.73 Å². The lowest BCUT2D eigenvalue weighted by Crippen LogP contribution is -2.46. The standard InChI is InChI=1S/C14H17N3O2/c1-16-6-4-10(5-7-16)17-13(18)11-3-2-9(15)8-12(11)14(17)19/h2-3,8,10H,4-7,15H2,1H3. The van der Waals surface area contributed by atoms with Crippen LogP contribution in [0.15, 0.2) is 18.2 Å². The van der Waals surface area contributed by atoms with Gasteiger partial charge in [-0.1, -0.05) is 0 Å². The molecule has 2 amide bonds. The Morgan fingerprint density at radius 1 is 1.11 bits per heavy atom. The van der Waals surface area contributed by atoms with E-state index in [1.54, 1.807) is 18.2 Å². The number of carbonyl (C=O) groups excluding carboxylic acids is 2. The van der Waals surface area contributed by atoms with Crippen molar-refractivity contribution in [1.29, 1.82) is 0 Å². The van der Waals surface area contributed by atoms with Crippen LogP contribution in [0.5, 0.6) is 0 Å². The first-order valence-corrected chi connectivity index (χ1v) is 6.54. The number of benzene rings is 1. The van der Waals surface area contributed by atoms with Crippen molar-refractivity contribution in [1.82, 2.24) is 9.80 Å². The molecule has 2 aliphatic heterocycles. The number of anilines is 1. The number of hydrogen-bond donors (Lipinski definition) is 1. The van der Waals surface area contributed by atoms with Gasteiger partial charge in [0.2, 0.25) is 0 Å². The molecule has 0 spiro atoms. The van der Waals surface area contributed by atoms with Crippen LogP contribution in [0.1, 0.15) is 33.6 Å². The quantitative estimate of drug-likeness (QED) is 0.602. The number of amides is 2. The lowest BCUT2D eigenvalue weighted by Gasteiger charge is -2.33. The number of piperidine rings is 1. The van der Waals surface area contributed by atoms with Crippen molar-refractivity contribution in [3.63, 3.8) is 0 Å². The molecule has 3 rings (SSSR count). The largest absolute Gasteiger partial charge is 0.399 e. The van der Waals surface area contributed by atoms with Gasteiger partial charge in [0, 0.05) is 11.7 Å². The summed E-state index contributed by atoms with van der Waals surface area (Å²) < 4.78 is 0. The Bertz CT molecular complexity index is 548. The summed E-state index contributed by atoms with van der Waals surface area (Å²) in [5, 5.41) is 0. The monoisotopic (exact) mass is 259 g/mol. The summed E-state index contributed by atoms with van der Waals surface area (Å²) in [4.78, 5) is 28.4. The van der Waals surface area contributed by atoms with E-state index in [9.17, 15) is 9.59 Å². The summed E-state index contributed by atoms with van der Waals surface area (Å²) in [5.41, 5.74) is 7.14. The number of imide groups is 1. The molecule has 2 heterocycles. The minimum Gasteiger partial charge on any atom is -0.399 e. The molecule has 0 bridgehead atoms. The molecule has 1 aromatic rings. The summed E-state index contributed by atoms with van der Waals surface area (Å²) >= 11 is 0. The van der Waals surface area contributed by atoms with Crippen LogP contribution in [0.3, 0.4) is 0 Å². The molecular weight excluding hydrogens is 242 g/mol. The van der Waals surface area contributed by atoms with Gasteiger partial charge >= 0.3 is 0 Å². The summed E-state index contributed by atoms with van der Waals surface area (Å²) in [6, 6.07) is 4.94. The number of hydrogen-bond acceptors (Lipinski definition) is 4. The third-order valence-electron chi connectivity index (χ3n) is 4.00. The van der Waals surface area contributed by atoms with Gasteiger partial charge in [-0.25, -0.2) is 0 Å². The zero-order valence-electron chi connectivity index (χ0n) is 10.9. The second kappa shape index (κ2) is 4.35. The number of likely N-dealkylation sites (tertiary alicyclic amines) is 1. The maximum atomic E-state index is 12.4. The smallest absolute Gasteiger partial charge is 0.261 e. The van der Waals surface area contributed by atoms with Crippen LogP contribution < -0.4 is 5.73 Å². The Hall–Kier alpha value is -1.88. The fourth-order valence-corrected chi connectivity index (χ4v) is 2.86. The summed E-state index contributed by atoms with van der Waals surface area (Å²) in [5.74, 6) is -0.364. The highest BCUT2D eigenvalue weighted by atomic mass is 16.2. The van der Waals surface area contributed by atoms with Gasteiger partial charge < -0.3 is 10.6 Å². The maximum Gasteiger partial charge on any atom is 0.261 e. The second-order valence-corrected chi connectivity index (χ2v) is 5.32. The van der Waals surface area contributed by atoms with Gasteiger partial charge in [-0.3, -0.25) is 14.5 Å². The molecule has 2 aliphatic rings. The predicted octanol–water partition coefficient (Wildman–Crippen LogP) is 0.959. The van der Waals surface area contributed by atoms with Gasteiger partial charge in [0.05, 0.1) is 11.1 Å². The van der Waals surface area contributed by atoms with Crippen molar-refractivity contribution < 1.29 is 9.59 Å². The van der Waals surface area contributed by atoms with Crippen LogP contribution in [-0.4, -0.2) is 47.8 Å². The van der Waals surface area contributed by atoms with Crippen molar-refractivity contribution in [2.45, 2.75) is 18.9 Å². The highest BCUT2D eigenvalue weighted by Crippen LogP contribution is 2.29. The Labute approximate surface area is 112 Å². The molecular formula is C14H17N3O2. The zero-order valence-corrected chi connectivity index (χ0v) is 10.9. The lowest BCUT2D eigenvalue weighted by molar-refractivity contribution is 0.0516. The van der Waals surface area contributed by atoms with Gasteiger partial charge in [-0.15, -0.1) is 0 Å². The van der Waals surface area contributed by atoms with Crippen molar-refractivity contribution >= 4 is 17.5 Å². The first-order chi connectivity index (χ1) is 9.08. The minimum absolute atomic E-state index is 0.0184. The number of nitrogen functional groups attached to an aromatic ring is 1. The van der Waals surface area contributed by atoms with Crippen molar-refractivity contribution in [3.05, 3.63) is 29.3 Å². The maximum absolute atomic E-state index is 12.4. The van der Waals surface area contributed by atoms with Crippen molar-refractivity contribution in [2.75, 3.05) is 25.9 Å². The molecule has 0 aliphatic carbocycles. The number of nitrogens with zero attached hydrogens (tertiary/aromatic N) is 2. The molecule has 5 nitrogen and oxygen atoms in total. The van der Waals surface area contributed by atoms with Crippen LogP contribution in [0.2, 0.25) is 0 Å².